The van der Waals surface area contributed by atoms with Crippen molar-refractivity contribution in [1.29, 1.82) is 0 Å². The van der Waals surface area contributed by atoms with Crippen LogP contribution in [0.15, 0.2) is 35.6 Å². The van der Waals surface area contributed by atoms with Gasteiger partial charge in [-0.1, -0.05) is 88.5 Å². The Morgan fingerprint density at radius 3 is 2.21 bits per heavy atom. The highest BCUT2D eigenvalue weighted by Gasteiger charge is 2.62. The minimum atomic E-state index is -1.96. The van der Waals surface area contributed by atoms with Crippen molar-refractivity contribution in [3.05, 3.63) is 46.7 Å². The van der Waals surface area contributed by atoms with Crippen LogP contribution >= 0.6 is 23.4 Å². The Kier molecular flexibility index (Phi) is 10.5. The van der Waals surface area contributed by atoms with E-state index in [2.05, 4.69) is 11.9 Å². The summed E-state index contributed by atoms with van der Waals surface area (Å²) in [5, 5.41) is 22.3. The number of hydrogen-bond donors (Lipinski definition) is 2. The van der Waals surface area contributed by atoms with Gasteiger partial charge in [-0.05, 0) is 37.3 Å². The fourth-order valence-electron chi connectivity index (χ4n) is 5.03. The highest BCUT2D eigenvalue weighted by molar-refractivity contribution is 7.99. The number of nitrogens with zero attached hydrogens (tertiary/aromatic N) is 2. The lowest BCUT2D eigenvalue weighted by atomic mass is 9.56. The lowest BCUT2D eigenvalue weighted by Crippen LogP contribution is -2.56. The molecule has 2 aromatic rings. The van der Waals surface area contributed by atoms with Crippen LogP contribution in [0.2, 0.25) is 5.02 Å². The van der Waals surface area contributed by atoms with Crippen molar-refractivity contribution >= 4 is 35.3 Å². The topological polar surface area (TPSA) is 92.4 Å². The first kappa shape index (κ1) is 28.2. The van der Waals surface area contributed by atoms with Crippen LogP contribution < -0.4 is 0 Å². The molecule has 2 rings (SSSR count). The van der Waals surface area contributed by atoms with Crippen LogP contribution in [0, 0.1) is 5.41 Å². The van der Waals surface area contributed by atoms with Gasteiger partial charge in [0.2, 0.25) is 0 Å². The first-order chi connectivity index (χ1) is 16.2. The molecular weight excluding hydrogens is 472 g/mol. The number of carboxylic acids is 2. The zero-order valence-corrected chi connectivity index (χ0v) is 22.2. The second-order valence-corrected chi connectivity index (χ2v) is 10.2. The van der Waals surface area contributed by atoms with Gasteiger partial charge in [-0.3, -0.25) is 9.59 Å². The van der Waals surface area contributed by atoms with Crippen LogP contribution in [0.3, 0.4) is 0 Å². The molecule has 1 aromatic carbocycles. The Balaban J connectivity index is 2.79. The van der Waals surface area contributed by atoms with Crippen LogP contribution in [0.5, 0.6) is 0 Å². The van der Waals surface area contributed by atoms with E-state index in [0.29, 0.717) is 36.5 Å². The molecule has 0 unspecified atom stereocenters. The molecule has 0 aliphatic rings. The highest BCUT2D eigenvalue weighted by Crippen LogP contribution is 2.52. The monoisotopic (exact) mass is 508 g/mol. The van der Waals surface area contributed by atoms with Crippen LogP contribution in [-0.2, 0) is 21.5 Å². The normalized spacial score (nSPS) is 12.1. The molecule has 2 N–H and O–H groups in total. The molecule has 34 heavy (non-hydrogen) atoms. The predicted molar refractivity (Wildman–Crippen MR) is 138 cm³/mol. The first-order valence-electron chi connectivity index (χ1n) is 12.1. The molecule has 1 aromatic heterocycles. The van der Waals surface area contributed by atoms with Crippen LogP contribution in [0.25, 0.3) is 0 Å². The number of unbranched alkanes of at least 4 members (excludes halogenated alkanes) is 2. The maximum absolute atomic E-state index is 12.9. The number of aliphatic carboxylic acids is 2. The fourth-order valence-corrected chi connectivity index (χ4v) is 6.06. The van der Waals surface area contributed by atoms with Gasteiger partial charge in [0, 0.05) is 21.9 Å². The third-order valence-corrected chi connectivity index (χ3v) is 8.51. The molecule has 0 bridgehead atoms. The fraction of sp³-hybridized carbons (Fsp3) is 0.577. The molecule has 188 valence electrons. The Morgan fingerprint density at radius 1 is 1.03 bits per heavy atom. The van der Waals surface area contributed by atoms with E-state index in [1.807, 2.05) is 49.6 Å². The van der Waals surface area contributed by atoms with Gasteiger partial charge in [0.25, 0.3) is 0 Å². The summed E-state index contributed by atoms with van der Waals surface area (Å²) in [6, 6.07) is 7.53. The Labute approximate surface area is 212 Å². The van der Waals surface area contributed by atoms with Gasteiger partial charge in [-0.25, -0.2) is 4.98 Å². The van der Waals surface area contributed by atoms with Crippen molar-refractivity contribution in [3.63, 3.8) is 0 Å². The number of aromatic nitrogens is 2. The predicted octanol–water partition coefficient (Wildman–Crippen LogP) is 6.88. The van der Waals surface area contributed by atoms with Gasteiger partial charge in [-0.15, -0.1) is 0 Å². The molecule has 0 aliphatic heterocycles. The minimum absolute atomic E-state index is 0.0713. The third kappa shape index (κ3) is 5.30. The van der Waals surface area contributed by atoms with Gasteiger partial charge in [0.1, 0.15) is 0 Å². The number of carbonyl (C=O) groups is 2. The van der Waals surface area contributed by atoms with E-state index >= 15 is 0 Å². The van der Waals surface area contributed by atoms with Gasteiger partial charge in [0.15, 0.2) is 10.6 Å². The SMILES string of the molecule is CCCCCC(C(=O)O)(C(=O)O)C(CC)(CC)c1cnc(SCCC)n1Cc1ccccc1Cl. The van der Waals surface area contributed by atoms with Gasteiger partial charge < -0.3 is 14.8 Å². The van der Waals surface area contributed by atoms with Crippen molar-refractivity contribution in [1.82, 2.24) is 9.55 Å². The van der Waals surface area contributed by atoms with Crippen LogP contribution in [0.4, 0.5) is 0 Å². The summed E-state index contributed by atoms with van der Waals surface area (Å²) in [5.74, 6) is -1.72. The summed E-state index contributed by atoms with van der Waals surface area (Å²) >= 11 is 8.07. The maximum Gasteiger partial charge on any atom is 0.322 e. The largest absolute Gasteiger partial charge is 0.480 e. The van der Waals surface area contributed by atoms with E-state index in [4.69, 9.17) is 11.6 Å². The molecule has 0 saturated carbocycles. The Hall–Kier alpha value is -1.99. The molecule has 8 heteroatoms. The zero-order valence-electron chi connectivity index (χ0n) is 20.6. The average molecular weight is 509 g/mol. The summed E-state index contributed by atoms with van der Waals surface area (Å²) in [7, 11) is 0. The summed E-state index contributed by atoms with van der Waals surface area (Å²) in [6.07, 6.45) is 5.64. The number of carboxylic acid groups (broad SMARTS) is 2. The van der Waals surface area contributed by atoms with Crippen molar-refractivity contribution in [3.8, 4) is 0 Å². The lowest BCUT2D eigenvalue weighted by molar-refractivity contribution is -0.173. The zero-order chi connectivity index (χ0) is 25.4. The van der Waals surface area contributed by atoms with Crippen molar-refractivity contribution < 1.29 is 19.8 Å². The van der Waals surface area contributed by atoms with Gasteiger partial charge in [-0.2, -0.15) is 0 Å². The van der Waals surface area contributed by atoms with Crippen LogP contribution in [0.1, 0.15) is 83.9 Å². The number of benzene rings is 1. The highest BCUT2D eigenvalue weighted by atomic mass is 35.5. The molecule has 1 heterocycles. The quantitative estimate of drug-likeness (QED) is 0.155. The lowest BCUT2D eigenvalue weighted by Gasteiger charge is -2.45. The maximum atomic E-state index is 12.9. The molecule has 0 fully saturated rings. The molecule has 0 amide bonds. The van der Waals surface area contributed by atoms with E-state index < -0.39 is 22.8 Å². The second kappa shape index (κ2) is 12.6. The molecule has 0 atom stereocenters. The summed E-state index contributed by atoms with van der Waals surface area (Å²) in [5.41, 5.74) is -1.57. The third-order valence-electron chi connectivity index (χ3n) is 6.94. The standard InChI is InChI=1S/C26H37ClN2O4S/c1-5-9-12-15-26(22(30)31,23(32)33)25(7-3,8-4)21-17-28-24(34-16-6-2)29(21)18-19-13-10-11-14-20(19)27/h10-11,13-14,17H,5-9,12,15-16,18H2,1-4H3,(H,30,31)(H,32,33). The summed E-state index contributed by atoms with van der Waals surface area (Å²) in [4.78, 5) is 30.4. The number of thioether (sulfide) groups is 1. The van der Waals surface area contributed by atoms with E-state index in [0.717, 1.165) is 35.7 Å². The molecule has 0 aliphatic carbocycles. The van der Waals surface area contributed by atoms with E-state index in [9.17, 15) is 19.8 Å². The van der Waals surface area contributed by atoms with Gasteiger partial charge in [0.05, 0.1) is 12.7 Å². The van der Waals surface area contributed by atoms with Crippen molar-refractivity contribution in [2.75, 3.05) is 5.75 Å². The van der Waals surface area contributed by atoms with Crippen molar-refractivity contribution in [2.24, 2.45) is 5.41 Å². The molecule has 6 nitrogen and oxygen atoms in total. The first-order valence-corrected chi connectivity index (χ1v) is 13.5. The Bertz CT molecular complexity index is 957. The summed E-state index contributed by atoms with van der Waals surface area (Å²) < 4.78 is 2.00. The smallest absolute Gasteiger partial charge is 0.322 e. The molecular formula is C26H37ClN2O4S. The number of imidazole rings is 1. The van der Waals surface area contributed by atoms with Gasteiger partial charge >= 0.3 is 11.9 Å². The number of hydrogen-bond acceptors (Lipinski definition) is 4. The van der Waals surface area contributed by atoms with E-state index in [-0.39, 0.29) is 6.42 Å². The van der Waals surface area contributed by atoms with E-state index in [1.54, 1.807) is 18.0 Å². The minimum Gasteiger partial charge on any atom is -0.480 e. The number of rotatable bonds is 15. The molecule has 0 spiro atoms. The Morgan fingerprint density at radius 2 is 1.68 bits per heavy atom. The summed E-state index contributed by atoms with van der Waals surface area (Å²) in [6.45, 7) is 8.27. The molecule has 0 saturated heterocycles. The average Bonchev–Trinajstić information content (AvgIpc) is 3.21. The van der Waals surface area contributed by atoms with E-state index in [1.165, 1.54) is 0 Å². The second-order valence-electron chi connectivity index (χ2n) is 8.71. The van der Waals surface area contributed by atoms with Crippen molar-refractivity contribution in [2.45, 2.75) is 89.8 Å². The molecule has 0 radical (unpaired) electrons. The number of halogens is 1. The van der Waals surface area contributed by atoms with Crippen LogP contribution in [-0.4, -0.2) is 37.5 Å².